The highest BCUT2D eigenvalue weighted by Gasteiger charge is 2.27. The summed E-state index contributed by atoms with van der Waals surface area (Å²) >= 11 is 1.21. The molecule has 0 spiro atoms. The maximum Gasteiger partial charge on any atom is 0.350 e. The molecule has 0 bridgehead atoms. The van der Waals surface area contributed by atoms with Gasteiger partial charge in [-0.2, -0.15) is 0 Å². The van der Waals surface area contributed by atoms with Crippen LogP contribution in [0.1, 0.15) is 22.5 Å². The zero-order valence-corrected chi connectivity index (χ0v) is 17.7. The first-order valence-corrected chi connectivity index (χ1v) is 10.3. The number of nitrogens with two attached hydrogens (primary N) is 2. The van der Waals surface area contributed by atoms with Gasteiger partial charge in [-0.25, -0.2) is 14.4 Å². The van der Waals surface area contributed by atoms with Gasteiger partial charge in [-0.05, 0) is 36.6 Å². The molecule has 1 aliphatic heterocycles. The second-order valence-corrected chi connectivity index (χ2v) is 8.29. The number of hydrogen-bond acceptors (Lipinski definition) is 6. The third-order valence-corrected chi connectivity index (χ3v) is 5.97. The number of nitrogens with one attached hydrogen (secondary N) is 1. The second-order valence-electron chi connectivity index (χ2n) is 7.24. The standard InChI is InChI=1S/C20H25N5O4S/c1-24(2)13-7-5-12(6-8-13)16-10-15(23-19(21)27)17(30-16)18(26)29-14-4-3-9-25(11-14)20(22)28/h5-8,10,14H,3-4,9,11H2,1-2H3,(H2,22,28)(H3,21,23,27). The summed E-state index contributed by atoms with van der Waals surface area (Å²) in [5.74, 6) is -0.573. The average Bonchev–Trinajstić information content (AvgIpc) is 3.11. The summed E-state index contributed by atoms with van der Waals surface area (Å²) in [6, 6.07) is 8.21. The number of esters is 1. The molecule has 1 aromatic heterocycles. The van der Waals surface area contributed by atoms with Crippen LogP contribution in [0.4, 0.5) is 21.0 Å². The molecule has 1 aliphatic rings. The quantitative estimate of drug-likeness (QED) is 0.627. The van der Waals surface area contributed by atoms with E-state index in [0.717, 1.165) is 16.1 Å². The third-order valence-electron chi connectivity index (χ3n) is 4.81. The molecule has 2 aromatic rings. The predicted molar refractivity (Wildman–Crippen MR) is 117 cm³/mol. The van der Waals surface area contributed by atoms with E-state index in [4.69, 9.17) is 16.2 Å². The highest BCUT2D eigenvalue weighted by molar-refractivity contribution is 7.18. The van der Waals surface area contributed by atoms with Gasteiger partial charge in [0.15, 0.2) is 0 Å². The molecular weight excluding hydrogens is 406 g/mol. The van der Waals surface area contributed by atoms with Crippen molar-refractivity contribution in [3.8, 4) is 10.4 Å². The van der Waals surface area contributed by atoms with Gasteiger partial charge in [0.1, 0.15) is 11.0 Å². The van der Waals surface area contributed by atoms with Gasteiger partial charge >= 0.3 is 18.0 Å². The summed E-state index contributed by atoms with van der Waals surface area (Å²) in [5.41, 5.74) is 12.8. The number of ether oxygens (including phenoxy) is 1. The Morgan fingerprint density at radius 1 is 1.20 bits per heavy atom. The van der Waals surface area contributed by atoms with Crippen molar-refractivity contribution < 1.29 is 19.1 Å². The number of hydrogen-bond donors (Lipinski definition) is 3. The van der Waals surface area contributed by atoms with Crippen molar-refractivity contribution >= 4 is 40.7 Å². The second kappa shape index (κ2) is 9.04. The number of primary amides is 2. The number of carbonyl (C=O) groups is 3. The zero-order valence-electron chi connectivity index (χ0n) is 16.9. The molecule has 1 aromatic carbocycles. The summed E-state index contributed by atoms with van der Waals surface area (Å²) in [5, 5.41) is 2.49. The fourth-order valence-corrected chi connectivity index (χ4v) is 4.28. The van der Waals surface area contributed by atoms with Gasteiger partial charge in [-0.1, -0.05) is 12.1 Å². The smallest absolute Gasteiger partial charge is 0.350 e. The summed E-state index contributed by atoms with van der Waals surface area (Å²) in [4.78, 5) is 40.1. The molecule has 0 aliphatic carbocycles. The molecule has 30 heavy (non-hydrogen) atoms. The van der Waals surface area contributed by atoms with Crippen molar-refractivity contribution in [2.24, 2.45) is 11.5 Å². The molecular formula is C20H25N5O4S. The van der Waals surface area contributed by atoms with Gasteiger partial charge in [0, 0.05) is 31.2 Å². The molecule has 5 N–H and O–H groups in total. The number of anilines is 2. The molecule has 3 rings (SSSR count). The van der Waals surface area contributed by atoms with E-state index in [1.807, 2.05) is 43.3 Å². The van der Waals surface area contributed by atoms with Crippen LogP contribution in [0.2, 0.25) is 0 Å². The van der Waals surface area contributed by atoms with Gasteiger partial charge in [0.2, 0.25) is 0 Å². The van der Waals surface area contributed by atoms with Crippen molar-refractivity contribution in [2.75, 3.05) is 37.4 Å². The zero-order chi connectivity index (χ0) is 21.8. The van der Waals surface area contributed by atoms with E-state index in [2.05, 4.69) is 5.32 Å². The first-order chi connectivity index (χ1) is 14.2. The number of amides is 4. The molecule has 1 saturated heterocycles. The SMILES string of the molecule is CN(C)c1ccc(-c2cc(NC(N)=O)c(C(=O)OC3CCCN(C(N)=O)C3)s2)cc1. The molecule has 1 fully saturated rings. The molecule has 10 heteroatoms. The van der Waals surface area contributed by atoms with E-state index in [9.17, 15) is 14.4 Å². The van der Waals surface area contributed by atoms with Crippen molar-refractivity contribution in [2.45, 2.75) is 18.9 Å². The van der Waals surface area contributed by atoms with Crippen LogP contribution in [0.3, 0.4) is 0 Å². The fourth-order valence-electron chi connectivity index (χ4n) is 3.27. The van der Waals surface area contributed by atoms with Crippen LogP contribution in [-0.2, 0) is 4.74 Å². The topological polar surface area (TPSA) is 131 Å². The van der Waals surface area contributed by atoms with Gasteiger partial charge in [-0.15, -0.1) is 11.3 Å². The number of piperidine rings is 1. The van der Waals surface area contributed by atoms with Gasteiger partial charge in [-0.3, -0.25) is 0 Å². The van der Waals surface area contributed by atoms with Crippen molar-refractivity contribution in [3.63, 3.8) is 0 Å². The average molecular weight is 432 g/mol. The number of thiophene rings is 1. The van der Waals surface area contributed by atoms with Crippen molar-refractivity contribution in [3.05, 3.63) is 35.2 Å². The Morgan fingerprint density at radius 3 is 2.50 bits per heavy atom. The van der Waals surface area contributed by atoms with Crippen molar-refractivity contribution in [1.82, 2.24) is 4.90 Å². The maximum absolute atomic E-state index is 12.8. The number of carbonyl (C=O) groups excluding carboxylic acids is 3. The van der Waals surface area contributed by atoms with Crippen molar-refractivity contribution in [1.29, 1.82) is 0 Å². The molecule has 1 atom stereocenters. The van der Waals surface area contributed by atoms with E-state index in [0.29, 0.717) is 25.1 Å². The first-order valence-electron chi connectivity index (χ1n) is 9.48. The molecule has 2 heterocycles. The molecule has 0 saturated carbocycles. The van der Waals surface area contributed by atoms with Crippen LogP contribution in [0.15, 0.2) is 30.3 Å². The number of benzene rings is 1. The largest absolute Gasteiger partial charge is 0.456 e. The molecule has 0 radical (unpaired) electrons. The van der Waals surface area contributed by atoms with Crippen LogP contribution < -0.4 is 21.7 Å². The van der Waals surface area contributed by atoms with Gasteiger partial charge in [0.25, 0.3) is 0 Å². The van der Waals surface area contributed by atoms with E-state index in [1.54, 1.807) is 6.07 Å². The van der Waals surface area contributed by atoms with Crippen LogP contribution in [0.25, 0.3) is 10.4 Å². The molecule has 1 unspecified atom stereocenters. The number of urea groups is 2. The first kappa shape index (κ1) is 21.4. The highest BCUT2D eigenvalue weighted by Crippen LogP contribution is 2.36. The minimum absolute atomic E-state index is 0.247. The summed E-state index contributed by atoms with van der Waals surface area (Å²) in [6.07, 6.45) is 0.879. The summed E-state index contributed by atoms with van der Waals surface area (Å²) in [6.45, 7) is 0.799. The van der Waals surface area contributed by atoms with Gasteiger partial charge < -0.3 is 31.3 Å². The molecule has 160 valence electrons. The fraction of sp³-hybridized carbons (Fsp3) is 0.350. The third kappa shape index (κ3) is 5.01. The lowest BCUT2D eigenvalue weighted by Gasteiger charge is -2.31. The Kier molecular flexibility index (Phi) is 6.46. The van der Waals surface area contributed by atoms with E-state index in [-0.39, 0.29) is 11.4 Å². The van der Waals surface area contributed by atoms with Crippen LogP contribution in [0.5, 0.6) is 0 Å². The lowest BCUT2D eigenvalue weighted by molar-refractivity contribution is 0.0134. The molecule has 9 nitrogen and oxygen atoms in total. The van der Waals surface area contributed by atoms with Crippen LogP contribution in [-0.4, -0.2) is 56.2 Å². The Labute approximate surface area is 178 Å². The lowest BCUT2D eigenvalue weighted by Crippen LogP contribution is -2.46. The van der Waals surface area contributed by atoms with E-state index >= 15 is 0 Å². The maximum atomic E-state index is 12.8. The van der Waals surface area contributed by atoms with Crippen LogP contribution in [0, 0.1) is 0 Å². The van der Waals surface area contributed by atoms with E-state index < -0.39 is 24.1 Å². The monoisotopic (exact) mass is 431 g/mol. The highest BCUT2D eigenvalue weighted by atomic mass is 32.1. The summed E-state index contributed by atoms with van der Waals surface area (Å²) < 4.78 is 5.60. The number of rotatable bonds is 5. The van der Waals surface area contributed by atoms with Gasteiger partial charge in [0.05, 0.1) is 12.2 Å². The Hall–Kier alpha value is -3.27. The van der Waals surface area contributed by atoms with Crippen LogP contribution >= 0.6 is 11.3 Å². The molecule has 4 amide bonds. The normalized spacial score (nSPS) is 16.1. The summed E-state index contributed by atoms with van der Waals surface area (Å²) in [7, 11) is 3.90. The number of nitrogens with zero attached hydrogens (tertiary/aromatic N) is 2. The number of likely N-dealkylation sites (tertiary alicyclic amines) is 1. The minimum atomic E-state index is -0.770. The lowest BCUT2D eigenvalue weighted by atomic mass is 10.1. The minimum Gasteiger partial charge on any atom is -0.456 e. The Balaban J connectivity index is 1.82. The predicted octanol–water partition coefficient (Wildman–Crippen LogP) is 2.67. The van der Waals surface area contributed by atoms with E-state index in [1.165, 1.54) is 16.2 Å². The Bertz CT molecular complexity index is 941. The Morgan fingerprint density at radius 2 is 1.90 bits per heavy atom.